The maximum atomic E-state index is 9.18. The van der Waals surface area contributed by atoms with Gasteiger partial charge in [-0.25, -0.2) is 0 Å². The van der Waals surface area contributed by atoms with Crippen molar-refractivity contribution in [2.24, 2.45) is 0 Å². The lowest BCUT2D eigenvalue weighted by Crippen LogP contribution is -2.13. The average Bonchev–Trinajstić information content (AvgIpc) is 2.82. The second kappa shape index (κ2) is 6.83. The van der Waals surface area contributed by atoms with Crippen LogP contribution in [0.25, 0.3) is 0 Å². The van der Waals surface area contributed by atoms with Crippen LogP contribution in [0.2, 0.25) is 0 Å². The molecule has 1 aromatic heterocycles. The van der Waals surface area contributed by atoms with Crippen LogP contribution in [0.3, 0.4) is 0 Å². The van der Waals surface area contributed by atoms with Crippen LogP contribution in [0.5, 0.6) is 5.75 Å². The summed E-state index contributed by atoms with van der Waals surface area (Å²) < 4.78 is 0. The first kappa shape index (κ1) is 19.4. The first-order chi connectivity index (χ1) is 10.9. The standard InChI is InChI=1S/C10H15NO.C8H12N4/c1-10(2,3)7-4-5-9(12)8(11)6-7;1-8(2,3)6-5(4-9)7(10)12-11-6/h4-6,12H,11H2,1-3H3;1-3H3,(H3,10,11,12). The highest BCUT2D eigenvalue weighted by molar-refractivity contribution is 5.54. The first-order valence-electron chi connectivity index (χ1n) is 7.71. The van der Waals surface area contributed by atoms with E-state index in [-0.39, 0.29) is 22.4 Å². The van der Waals surface area contributed by atoms with Crippen molar-refractivity contribution in [2.45, 2.75) is 52.4 Å². The number of phenolic OH excluding ortho intramolecular Hbond substituents is 1. The third-order valence-corrected chi connectivity index (χ3v) is 3.55. The van der Waals surface area contributed by atoms with E-state index in [0.717, 1.165) is 11.3 Å². The zero-order valence-electron chi connectivity index (χ0n) is 15.2. The highest BCUT2D eigenvalue weighted by Gasteiger charge is 2.22. The van der Waals surface area contributed by atoms with Crippen LogP contribution in [-0.4, -0.2) is 15.3 Å². The summed E-state index contributed by atoms with van der Waals surface area (Å²) in [6.45, 7) is 12.3. The normalized spacial score (nSPS) is 11.4. The molecule has 6 nitrogen and oxygen atoms in total. The van der Waals surface area contributed by atoms with Gasteiger partial charge in [0.2, 0.25) is 0 Å². The molecule has 0 aliphatic carbocycles. The molecule has 0 aliphatic rings. The van der Waals surface area contributed by atoms with E-state index in [1.165, 1.54) is 0 Å². The Balaban J connectivity index is 0.000000240. The van der Waals surface area contributed by atoms with Crippen molar-refractivity contribution in [3.63, 3.8) is 0 Å². The summed E-state index contributed by atoms with van der Waals surface area (Å²) in [4.78, 5) is 0. The topological polar surface area (TPSA) is 125 Å². The summed E-state index contributed by atoms with van der Waals surface area (Å²) in [6, 6.07) is 7.38. The van der Waals surface area contributed by atoms with Crippen LogP contribution in [0.15, 0.2) is 18.2 Å². The predicted octanol–water partition coefficient (Wildman–Crippen LogP) is 3.43. The Labute approximate surface area is 143 Å². The van der Waals surface area contributed by atoms with E-state index in [1.54, 1.807) is 6.07 Å². The van der Waals surface area contributed by atoms with Crippen LogP contribution in [-0.2, 0) is 10.8 Å². The number of anilines is 2. The Bertz CT molecular complexity index is 742. The second-order valence-electron chi connectivity index (χ2n) is 7.74. The Kier molecular flexibility index (Phi) is 5.51. The molecular formula is C18H27N5O. The first-order valence-corrected chi connectivity index (χ1v) is 7.71. The number of rotatable bonds is 0. The Morgan fingerprint density at radius 2 is 1.67 bits per heavy atom. The third kappa shape index (κ3) is 4.66. The van der Waals surface area contributed by atoms with Crippen LogP contribution >= 0.6 is 0 Å². The monoisotopic (exact) mass is 329 g/mol. The summed E-state index contributed by atoms with van der Waals surface area (Å²) in [7, 11) is 0. The molecule has 0 amide bonds. The van der Waals surface area contributed by atoms with Gasteiger partial charge in [0, 0.05) is 5.41 Å². The number of hydrogen-bond acceptors (Lipinski definition) is 5. The molecule has 0 unspecified atom stereocenters. The maximum absolute atomic E-state index is 9.18. The molecule has 0 aliphatic heterocycles. The molecular weight excluding hydrogens is 302 g/mol. The van der Waals surface area contributed by atoms with E-state index in [9.17, 15) is 5.11 Å². The average molecular weight is 329 g/mol. The van der Waals surface area contributed by atoms with Gasteiger partial charge in [0.05, 0.1) is 11.4 Å². The molecule has 0 atom stereocenters. The van der Waals surface area contributed by atoms with Crippen LogP contribution in [0.1, 0.15) is 58.4 Å². The largest absolute Gasteiger partial charge is 0.506 e. The fourth-order valence-electron chi connectivity index (χ4n) is 2.03. The summed E-state index contributed by atoms with van der Waals surface area (Å²) in [5.74, 6) is 0.436. The van der Waals surface area contributed by atoms with Crippen molar-refractivity contribution >= 4 is 11.5 Å². The second-order valence-corrected chi connectivity index (χ2v) is 7.74. The van der Waals surface area contributed by atoms with Crippen molar-refractivity contribution in [1.29, 1.82) is 5.26 Å². The van der Waals surface area contributed by atoms with E-state index >= 15 is 0 Å². The lowest BCUT2D eigenvalue weighted by molar-refractivity contribution is 0.477. The van der Waals surface area contributed by atoms with E-state index in [0.29, 0.717) is 11.3 Å². The molecule has 0 fully saturated rings. The molecule has 1 aromatic carbocycles. The molecule has 0 saturated carbocycles. The van der Waals surface area contributed by atoms with E-state index in [4.69, 9.17) is 16.7 Å². The lowest BCUT2D eigenvalue weighted by Gasteiger charge is -2.19. The number of H-pyrrole nitrogens is 1. The molecule has 0 saturated heterocycles. The zero-order valence-corrected chi connectivity index (χ0v) is 15.2. The molecule has 24 heavy (non-hydrogen) atoms. The third-order valence-electron chi connectivity index (χ3n) is 3.55. The molecule has 0 spiro atoms. The van der Waals surface area contributed by atoms with Crippen molar-refractivity contribution in [2.75, 3.05) is 11.5 Å². The van der Waals surface area contributed by atoms with Gasteiger partial charge in [-0.05, 0) is 23.1 Å². The molecule has 1 heterocycles. The van der Waals surface area contributed by atoms with Gasteiger partial charge in [0.1, 0.15) is 17.4 Å². The highest BCUT2D eigenvalue weighted by atomic mass is 16.3. The van der Waals surface area contributed by atoms with Crippen LogP contribution in [0, 0.1) is 11.3 Å². The molecule has 6 heteroatoms. The number of nitrogen functional groups attached to an aromatic ring is 2. The quantitative estimate of drug-likeness (QED) is 0.435. The number of aromatic nitrogens is 2. The van der Waals surface area contributed by atoms with Crippen LogP contribution in [0.4, 0.5) is 11.5 Å². The number of hydrogen-bond donors (Lipinski definition) is 4. The number of nitriles is 1. The lowest BCUT2D eigenvalue weighted by atomic mass is 9.87. The van der Waals surface area contributed by atoms with Gasteiger partial charge in [-0.3, -0.25) is 5.10 Å². The number of aromatic amines is 1. The number of aromatic hydroxyl groups is 1. The minimum absolute atomic E-state index is 0.0851. The molecule has 6 N–H and O–H groups in total. The maximum Gasteiger partial charge on any atom is 0.163 e. The summed E-state index contributed by atoms with van der Waals surface area (Å²) in [5.41, 5.74) is 13.9. The van der Waals surface area contributed by atoms with Crippen molar-refractivity contribution in [3.05, 3.63) is 35.0 Å². The van der Waals surface area contributed by atoms with Crippen molar-refractivity contribution < 1.29 is 5.11 Å². The highest BCUT2D eigenvalue weighted by Crippen LogP contribution is 2.28. The summed E-state index contributed by atoms with van der Waals surface area (Å²) in [5, 5.41) is 24.5. The fraction of sp³-hybridized carbons (Fsp3) is 0.444. The number of benzene rings is 1. The number of nitrogens with zero attached hydrogens (tertiary/aromatic N) is 2. The van der Waals surface area contributed by atoms with E-state index in [1.807, 2.05) is 39.0 Å². The van der Waals surface area contributed by atoms with E-state index < -0.39 is 0 Å². The minimum Gasteiger partial charge on any atom is -0.506 e. The molecule has 0 bridgehead atoms. The Hall–Kier alpha value is -2.68. The minimum atomic E-state index is -0.115. The fourth-order valence-corrected chi connectivity index (χ4v) is 2.03. The van der Waals surface area contributed by atoms with Gasteiger partial charge in [-0.15, -0.1) is 0 Å². The van der Waals surface area contributed by atoms with Gasteiger partial charge in [0.15, 0.2) is 5.82 Å². The van der Waals surface area contributed by atoms with Crippen molar-refractivity contribution in [1.82, 2.24) is 10.2 Å². The Morgan fingerprint density at radius 1 is 1.08 bits per heavy atom. The van der Waals surface area contributed by atoms with E-state index in [2.05, 4.69) is 31.0 Å². The molecule has 0 radical (unpaired) electrons. The summed E-state index contributed by atoms with van der Waals surface area (Å²) in [6.07, 6.45) is 0. The van der Waals surface area contributed by atoms with Gasteiger partial charge >= 0.3 is 0 Å². The number of nitrogens with one attached hydrogen (secondary N) is 1. The summed E-state index contributed by atoms with van der Waals surface area (Å²) >= 11 is 0. The smallest absolute Gasteiger partial charge is 0.163 e. The van der Waals surface area contributed by atoms with Gasteiger partial charge in [0.25, 0.3) is 0 Å². The van der Waals surface area contributed by atoms with Gasteiger partial charge in [-0.2, -0.15) is 10.4 Å². The molecule has 2 rings (SSSR count). The Morgan fingerprint density at radius 3 is 2.04 bits per heavy atom. The SMILES string of the molecule is CC(C)(C)c1[nH]nc(N)c1C#N.CC(C)(C)c1ccc(O)c(N)c1. The van der Waals surface area contributed by atoms with Crippen LogP contribution < -0.4 is 11.5 Å². The number of nitrogens with two attached hydrogens (primary N) is 2. The number of phenols is 1. The molecule has 2 aromatic rings. The van der Waals surface area contributed by atoms with Gasteiger partial charge < -0.3 is 16.6 Å². The van der Waals surface area contributed by atoms with Gasteiger partial charge in [-0.1, -0.05) is 47.6 Å². The molecule has 130 valence electrons. The van der Waals surface area contributed by atoms with Crippen molar-refractivity contribution in [3.8, 4) is 11.8 Å². The predicted molar refractivity (Wildman–Crippen MR) is 97.6 cm³/mol. The zero-order chi connectivity index (χ0) is 18.7.